The number of nitrogens with zero attached hydrogens (tertiary/aromatic N) is 2. The average molecular weight is 371 g/mol. The zero-order chi connectivity index (χ0) is 20.2. The first kappa shape index (κ1) is 22.2. The van der Waals surface area contributed by atoms with Gasteiger partial charge in [-0.25, -0.2) is 9.98 Å². The van der Waals surface area contributed by atoms with Crippen molar-refractivity contribution in [3.63, 3.8) is 0 Å². The highest BCUT2D eigenvalue weighted by atomic mass is 14.9. The highest BCUT2D eigenvalue weighted by Crippen LogP contribution is 2.41. The fourth-order valence-electron chi connectivity index (χ4n) is 5.02. The van der Waals surface area contributed by atoms with Crippen LogP contribution >= 0.6 is 0 Å². The third-order valence-corrected chi connectivity index (χ3v) is 7.42. The number of hydrogen-bond donors (Lipinski definition) is 0. The molecule has 2 heteroatoms. The maximum atomic E-state index is 4.84. The predicted molar refractivity (Wildman–Crippen MR) is 119 cm³/mol. The van der Waals surface area contributed by atoms with E-state index in [1.807, 2.05) is 0 Å². The monoisotopic (exact) mass is 370 g/mol. The Balaban J connectivity index is 2.06. The molecular weight excluding hydrogens is 328 g/mol. The number of rotatable bonds is 6. The van der Waals surface area contributed by atoms with Crippen molar-refractivity contribution in [2.24, 2.45) is 33.7 Å². The zero-order valence-corrected chi connectivity index (χ0v) is 18.8. The largest absolute Gasteiger partial charge is 0.219 e. The van der Waals surface area contributed by atoms with Crippen LogP contribution in [0.2, 0.25) is 0 Å². The summed E-state index contributed by atoms with van der Waals surface area (Å²) in [7, 11) is 0. The van der Waals surface area contributed by atoms with Gasteiger partial charge >= 0.3 is 0 Å². The standard InChI is InChI=1S/C25H42N2/c1-18(2)20-11-9-13-22(15-20)24(5,6)26-17-27-25(7,8)23-14-10-12-21(16-23)19(3)4/h20-23H,1,3,9-16H2,2,4-8H3. The van der Waals surface area contributed by atoms with Gasteiger partial charge in [0.1, 0.15) is 0 Å². The van der Waals surface area contributed by atoms with Crippen molar-refractivity contribution in [2.75, 3.05) is 0 Å². The van der Waals surface area contributed by atoms with E-state index in [4.69, 9.17) is 9.98 Å². The molecule has 2 saturated carbocycles. The van der Waals surface area contributed by atoms with Gasteiger partial charge in [-0.1, -0.05) is 37.1 Å². The molecule has 2 aliphatic carbocycles. The second-order valence-corrected chi connectivity index (χ2v) is 10.4. The second-order valence-electron chi connectivity index (χ2n) is 10.4. The highest BCUT2D eigenvalue weighted by Gasteiger charge is 2.35. The molecule has 0 aromatic carbocycles. The van der Waals surface area contributed by atoms with Crippen molar-refractivity contribution in [1.29, 1.82) is 0 Å². The van der Waals surface area contributed by atoms with Crippen molar-refractivity contribution < 1.29 is 0 Å². The van der Waals surface area contributed by atoms with Crippen LogP contribution in [-0.2, 0) is 0 Å². The van der Waals surface area contributed by atoms with Crippen LogP contribution in [0, 0.1) is 23.7 Å². The van der Waals surface area contributed by atoms with E-state index in [0.717, 1.165) is 0 Å². The molecule has 152 valence electrons. The van der Waals surface area contributed by atoms with Gasteiger partial charge in [0, 0.05) is 0 Å². The summed E-state index contributed by atoms with van der Waals surface area (Å²) < 4.78 is 0. The summed E-state index contributed by atoms with van der Waals surface area (Å²) in [6, 6.07) is 3.15. The molecule has 0 N–H and O–H groups in total. The Bertz CT molecular complexity index is 554. The molecule has 0 aromatic heterocycles. The molecule has 2 rings (SSSR count). The van der Waals surface area contributed by atoms with Crippen LogP contribution in [0.25, 0.3) is 0 Å². The Labute approximate surface area is 168 Å². The SMILES string of the molecule is C=C(C)C1CCCC(C(C)(C)N=C=NC(C)(C)C2CCCC(C(=C)C)C2)C1. The lowest BCUT2D eigenvalue weighted by molar-refractivity contribution is 0.203. The lowest BCUT2D eigenvalue weighted by Gasteiger charge is -2.38. The van der Waals surface area contributed by atoms with Gasteiger partial charge in [0.05, 0.1) is 17.1 Å². The molecule has 0 bridgehead atoms. The summed E-state index contributed by atoms with van der Waals surface area (Å²) in [5, 5.41) is 0. The normalized spacial score (nSPS) is 29.6. The molecule has 0 heterocycles. The zero-order valence-electron chi connectivity index (χ0n) is 18.8. The van der Waals surface area contributed by atoms with Crippen molar-refractivity contribution in [1.82, 2.24) is 0 Å². The van der Waals surface area contributed by atoms with E-state index in [-0.39, 0.29) is 11.1 Å². The van der Waals surface area contributed by atoms with Crippen molar-refractivity contribution in [3.05, 3.63) is 24.3 Å². The Morgan fingerprint density at radius 3 is 1.44 bits per heavy atom. The number of hydrogen-bond acceptors (Lipinski definition) is 2. The van der Waals surface area contributed by atoms with Crippen molar-refractivity contribution >= 4 is 6.01 Å². The van der Waals surface area contributed by atoms with Crippen LogP contribution in [0.3, 0.4) is 0 Å². The minimum absolute atomic E-state index is 0.0967. The third kappa shape index (κ3) is 5.92. The molecule has 2 fully saturated rings. The lowest BCUT2D eigenvalue weighted by Crippen LogP contribution is -2.34. The summed E-state index contributed by atoms with van der Waals surface area (Å²) >= 11 is 0. The molecule has 4 unspecified atom stereocenters. The maximum Gasteiger partial charge on any atom is 0.0903 e. The average Bonchev–Trinajstić information content (AvgIpc) is 2.61. The van der Waals surface area contributed by atoms with Gasteiger partial charge in [-0.3, -0.25) is 0 Å². The van der Waals surface area contributed by atoms with Crippen LogP contribution in [0.15, 0.2) is 34.3 Å². The molecule has 0 aliphatic heterocycles. The third-order valence-electron chi connectivity index (χ3n) is 7.42. The van der Waals surface area contributed by atoms with Gasteiger partial charge in [-0.05, 0) is 104 Å². The van der Waals surface area contributed by atoms with Crippen molar-refractivity contribution in [3.8, 4) is 0 Å². The van der Waals surface area contributed by atoms with Gasteiger partial charge in [0.15, 0.2) is 0 Å². The topological polar surface area (TPSA) is 24.7 Å². The molecule has 2 nitrogen and oxygen atoms in total. The molecule has 4 atom stereocenters. The minimum Gasteiger partial charge on any atom is -0.219 e. The van der Waals surface area contributed by atoms with E-state index in [1.54, 1.807) is 0 Å². The van der Waals surface area contributed by atoms with Crippen LogP contribution in [0.5, 0.6) is 0 Å². The molecule has 0 amide bonds. The lowest BCUT2D eigenvalue weighted by atomic mass is 9.71. The van der Waals surface area contributed by atoms with E-state index >= 15 is 0 Å². The highest BCUT2D eigenvalue weighted by molar-refractivity contribution is 5.43. The Morgan fingerprint density at radius 1 is 0.741 bits per heavy atom. The Kier molecular flexibility index (Phi) is 7.31. The predicted octanol–water partition coefficient (Wildman–Crippen LogP) is 7.48. The van der Waals surface area contributed by atoms with Gasteiger partial charge in [0.25, 0.3) is 0 Å². The molecule has 2 aliphatic rings. The van der Waals surface area contributed by atoms with E-state index in [2.05, 4.69) is 60.7 Å². The minimum atomic E-state index is -0.0967. The number of aliphatic imine (C=N–C) groups is 2. The van der Waals surface area contributed by atoms with E-state index in [1.165, 1.54) is 62.5 Å². The van der Waals surface area contributed by atoms with E-state index < -0.39 is 0 Å². The first-order chi connectivity index (χ1) is 12.5. The van der Waals surface area contributed by atoms with Crippen LogP contribution in [0.4, 0.5) is 0 Å². The van der Waals surface area contributed by atoms with Gasteiger partial charge < -0.3 is 0 Å². The summed E-state index contributed by atoms with van der Waals surface area (Å²) in [5.41, 5.74) is 2.47. The molecule has 0 spiro atoms. The Morgan fingerprint density at radius 2 is 1.11 bits per heavy atom. The van der Waals surface area contributed by atoms with Crippen molar-refractivity contribution in [2.45, 2.75) is 104 Å². The number of allylic oxidation sites excluding steroid dienone is 2. The van der Waals surface area contributed by atoms with Gasteiger partial charge in [0.2, 0.25) is 0 Å². The second kappa shape index (κ2) is 8.91. The fraction of sp³-hybridized carbons (Fsp3) is 0.800. The summed E-state index contributed by atoms with van der Waals surface area (Å²) in [5.74, 6) is 2.52. The van der Waals surface area contributed by atoms with Gasteiger partial charge in [-0.15, -0.1) is 0 Å². The fourth-order valence-corrected chi connectivity index (χ4v) is 5.02. The molecule has 27 heavy (non-hydrogen) atoms. The molecule has 0 aromatic rings. The van der Waals surface area contributed by atoms with E-state index in [9.17, 15) is 0 Å². The molecular formula is C25H42N2. The first-order valence-corrected chi connectivity index (χ1v) is 11.0. The van der Waals surface area contributed by atoms with Crippen LogP contribution in [-0.4, -0.2) is 17.1 Å². The van der Waals surface area contributed by atoms with Gasteiger partial charge in [-0.2, -0.15) is 0 Å². The molecule has 0 saturated heterocycles. The maximum absolute atomic E-state index is 4.84. The summed E-state index contributed by atoms with van der Waals surface area (Å²) in [6.45, 7) is 21.8. The quantitative estimate of drug-likeness (QED) is 0.342. The van der Waals surface area contributed by atoms with E-state index in [0.29, 0.717) is 23.7 Å². The first-order valence-electron chi connectivity index (χ1n) is 11.0. The summed E-state index contributed by atoms with van der Waals surface area (Å²) in [6.07, 6.45) is 10.1. The Hall–Kier alpha value is -1.14. The van der Waals surface area contributed by atoms with Crippen LogP contribution < -0.4 is 0 Å². The molecule has 0 radical (unpaired) electrons. The summed E-state index contributed by atoms with van der Waals surface area (Å²) in [4.78, 5) is 9.69. The van der Waals surface area contributed by atoms with Crippen LogP contribution in [0.1, 0.15) is 92.9 Å². The smallest absolute Gasteiger partial charge is 0.0903 e.